The van der Waals surface area contributed by atoms with Gasteiger partial charge in [-0.15, -0.1) is 0 Å². The van der Waals surface area contributed by atoms with Crippen molar-refractivity contribution in [3.63, 3.8) is 0 Å². The summed E-state index contributed by atoms with van der Waals surface area (Å²) in [5, 5.41) is 3.70. The van der Waals surface area contributed by atoms with Crippen LogP contribution in [0.15, 0.2) is 78.5 Å². The summed E-state index contributed by atoms with van der Waals surface area (Å²) in [6.07, 6.45) is 0. The highest BCUT2D eigenvalue weighted by Gasteiger charge is 2.39. The van der Waals surface area contributed by atoms with Crippen LogP contribution in [0.3, 0.4) is 0 Å². The second kappa shape index (κ2) is 8.97. The van der Waals surface area contributed by atoms with Crippen molar-refractivity contribution in [1.82, 2.24) is 4.90 Å². The van der Waals surface area contributed by atoms with Crippen LogP contribution in [-0.2, 0) is 16.1 Å². The maximum absolute atomic E-state index is 13.5. The molecule has 0 spiro atoms. The van der Waals surface area contributed by atoms with Gasteiger partial charge in [-0.3, -0.25) is 14.5 Å². The summed E-state index contributed by atoms with van der Waals surface area (Å²) in [5.41, 5.74) is 3.51. The van der Waals surface area contributed by atoms with Crippen LogP contribution in [0, 0.1) is 5.82 Å². The summed E-state index contributed by atoms with van der Waals surface area (Å²) in [7, 11) is 0. The van der Waals surface area contributed by atoms with E-state index in [1.807, 2.05) is 24.3 Å². The molecule has 0 fully saturated rings. The van der Waals surface area contributed by atoms with Crippen molar-refractivity contribution in [2.45, 2.75) is 26.3 Å². The van der Waals surface area contributed by atoms with Crippen molar-refractivity contribution in [1.29, 1.82) is 0 Å². The van der Waals surface area contributed by atoms with E-state index in [0.29, 0.717) is 22.2 Å². The number of nitrogens with zero attached hydrogens (tertiary/aromatic N) is 1. The Kier molecular flexibility index (Phi) is 6.10. The van der Waals surface area contributed by atoms with Gasteiger partial charge in [-0.1, -0.05) is 61.8 Å². The van der Waals surface area contributed by atoms with E-state index in [1.165, 1.54) is 34.7 Å². The summed E-state index contributed by atoms with van der Waals surface area (Å²) in [5.74, 6) is -0.902. The summed E-state index contributed by atoms with van der Waals surface area (Å²) >= 11 is 5.95. The van der Waals surface area contributed by atoms with E-state index in [-0.39, 0.29) is 17.8 Å². The van der Waals surface area contributed by atoms with Crippen molar-refractivity contribution in [2.75, 3.05) is 5.32 Å². The minimum absolute atomic E-state index is 0.108. The van der Waals surface area contributed by atoms with Crippen LogP contribution in [0.25, 0.3) is 5.57 Å². The molecule has 1 aliphatic rings. The summed E-state index contributed by atoms with van der Waals surface area (Å²) in [6.45, 7) is 4.31. The highest BCUT2D eigenvalue weighted by atomic mass is 35.5. The van der Waals surface area contributed by atoms with Crippen molar-refractivity contribution < 1.29 is 14.0 Å². The minimum Gasteiger partial charge on any atom is -0.350 e. The smallest absolute Gasteiger partial charge is 0.278 e. The Morgan fingerprint density at radius 3 is 2.09 bits per heavy atom. The number of hydrogen-bond donors (Lipinski definition) is 1. The lowest BCUT2D eigenvalue weighted by atomic mass is 10.0. The molecule has 3 aromatic carbocycles. The second-order valence-corrected chi connectivity index (χ2v) is 8.42. The molecule has 0 saturated carbocycles. The summed E-state index contributed by atoms with van der Waals surface area (Å²) in [6, 6.07) is 20.3. The Balaban J connectivity index is 1.70. The number of halogens is 2. The van der Waals surface area contributed by atoms with Gasteiger partial charge in [0.25, 0.3) is 11.8 Å². The molecule has 0 unspecified atom stereocenters. The lowest BCUT2D eigenvalue weighted by Crippen LogP contribution is -2.32. The molecule has 2 amide bonds. The SMILES string of the molecule is CC(C)c1ccc(NC2=C(c3ccc(F)cc3)C(=O)N(Cc3ccc(Cl)cc3)C2=O)cc1. The molecule has 4 nitrogen and oxygen atoms in total. The van der Waals surface area contributed by atoms with E-state index in [2.05, 4.69) is 19.2 Å². The average molecular weight is 449 g/mol. The second-order valence-electron chi connectivity index (χ2n) is 7.98. The summed E-state index contributed by atoms with van der Waals surface area (Å²) < 4.78 is 13.5. The fraction of sp³-hybridized carbons (Fsp3) is 0.154. The quantitative estimate of drug-likeness (QED) is 0.471. The first-order chi connectivity index (χ1) is 15.3. The van der Waals surface area contributed by atoms with Crippen LogP contribution < -0.4 is 5.32 Å². The molecule has 0 saturated heterocycles. The maximum Gasteiger partial charge on any atom is 0.278 e. The van der Waals surface area contributed by atoms with Gasteiger partial charge in [0.15, 0.2) is 0 Å². The standard InChI is InChI=1S/C26H22ClFN2O2/c1-16(2)18-7-13-22(14-8-18)29-24-23(19-5-11-21(28)12-6-19)25(31)30(26(24)32)15-17-3-9-20(27)10-4-17/h3-14,16,29H,15H2,1-2H3. The molecule has 0 atom stereocenters. The molecular weight excluding hydrogens is 427 g/mol. The Hall–Kier alpha value is -3.44. The van der Waals surface area contributed by atoms with Gasteiger partial charge in [0.05, 0.1) is 12.1 Å². The van der Waals surface area contributed by atoms with E-state index >= 15 is 0 Å². The maximum atomic E-state index is 13.5. The van der Waals surface area contributed by atoms with Crippen molar-refractivity contribution in [3.8, 4) is 0 Å². The predicted octanol–water partition coefficient (Wildman–Crippen LogP) is 5.99. The molecule has 1 aliphatic heterocycles. The van der Waals surface area contributed by atoms with E-state index in [0.717, 1.165) is 5.56 Å². The number of carbonyl (C=O) groups excluding carboxylic acids is 2. The zero-order valence-corrected chi connectivity index (χ0v) is 18.5. The van der Waals surface area contributed by atoms with Crippen molar-refractivity contribution in [3.05, 3.63) is 106 Å². The van der Waals surface area contributed by atoms with E-state index in [4.69, 9.17) is 11.6 Å². The third-order valence-electron chi connectivity index (χ3n) is 5.40. The number of rotatable bonds is 6. The molecule has 6 heteroatoms. The first-order valence-corrected chi connectivity index (χ1v) is 10.7. The van der Waals surface area contributed by atoms with Crippen molar-refractivity contribution in [2.24, 2.45) is 0 Å². The number of amides is 2. The number of carbonyl (C=O) groups is 2. The molecule has 32 heavy (non-hydrogen) atoms. The largest absolute Gasteiger partial charge is 0.350 e. The number of hydrogen-bond acceptors (Lipinski definition) is 3. The first-order valence-electron chi connectivity index (χ1n) is 10.3. The molecule has 4 rings (SSSR count). The van der Waals surface area contributed by atoms with E-state index < -0.39 is 17.6 Å². The van der Waals surface area contributed by atoms with E-state index in [9.17, 15) is 14.0 Å². The monoisotopic (exact) mass is 448 g/mol. The highest BCUT2D eigenvalue weighted by molar-refractivity contribution is 6.36. The minimum atomic E-state index is -0.433. The molecule has 0 radical (unpaired) electrons. The van der Waals surface area contributed by atoms with Crippen LogP contribution in [0.1, 0.15) is 36.5 Å². The average Bonchev–Trinajstić information content (AvgIpc) is 3.00. The Labute approximate surface area is 191 Å². The number of benzene rings is 3. The molecule has 0 aromatic heterocycles. The van der Waals surface area contributed by atoms with Crippen LogP contribution >= 0.6 is 11.6 Å². The van der Waals surface area contributed by atoms with Crippen LogP contribution in [0.2, 0.25) is 5.02 Å². The van der Waals surface area contributed by atoms with Gasteiger partial charge in [0.2, 0.25) is 0 Å². The molecule has 0 aliphatic carbocycles. The summed E-state index contributed by atoms with van der Waals surface area (Å²) in [4.78, 5) is 27.8. The van der Waals surface area contributed by atoms with E-state index in [1.54, 1.807) is 24.3 Å². The molecule has 162 valence electrons. The predicted molar refractivity (Wildman–Crippen MR) is 124 cm³/mol. The Bertz CT molecular complexity index is 1180. The third-order valence-corrected chi connectivity index (χ3v) is 5.65. The van der Waals surface area contributed by atoms with Crippen LogP contribution in [-0.4, -0.2) is 16.7 Å². The van der Waals surface area contributed by atoms with Gasteiger partial charge in [0, 0.05) is 10.7 Å². The fourth-order valence-electron chi connectivity index (χ4n) is 3.59. The number of imide groups is 1. The lowest BCUT2D eigenvalue weighted by molar-refractivity contribution is -0.137. The van der Waals surface area contributed by atoms with Gasteiger partial charge < -0.3 is 5.32 Å². The van der Waals surface area contributed by atoms with Gasteiger partial charge in [-0.2, -0.15) is 0 Å². The molecule has 3 aromatic rings. The zero-order valence-electron chi connectivity index (χ0n) is 17.7. The Morgan fingerprint density at radius 1 is 0.875 bits per heavy atom. The van der Waals surface area contributed by atoms with Crippen LogP contribution in [0.5, 0.6) is 0 Å². The fourth-order valence-corrected chi connectivity index (χ4v) is 3.71. The number of anilines is 1. The molecule has 0 bridgehead atoms. The highest BCUT2D eigenvalue weighted by Crippen LogP contribution is 2.32. The van der Waals surface area contributed by atoms with Crippen molar-refractivity contribution >= 4 is 34.7 Å². The van der Waals surface area contributed by atoms with Gasteiger partial charge in [0.1, 0.15) is 11.5 Å². The zero-order chi connectivity index (χ0) is 22.8. The van der Waals surface area contributed by atoms with Gasteiger partial charge in [-0.05, 0) is 59.0 Å². The lowest BCUT2D eigenvalue weighted by Gasteiger charge is -2.15. The van der Waals surface area contributed by atoms with Gasteiger partial charge in [-0.25, -0.2) is 4.39 Å². The number of nitrogens with one attached hydrogen (secondary N) is 1. The van der Waals surface area contributed by atoms with Gasteiger partial charge >= 0.3 is 0 Å². The van der Waals surface area contributed by atoms with Crippen LogP contribution in [0.4, 0.5) is 10.1 Å². The molecule has 1 heterocycles. The topological polar surface area (TPSA) is 49.4 Å². The first kappa shape index (κ1) is 21.8. The normalized spacial score (nSPS) is 14.0. The third kappa shape index (κ3) is 4.43. The molecular formula is C26H22ClFN2O2. The molecule has 1 N–H and O–H groups in total. The Morgan fingerprint density at radius 2 is 1.50 bits per heavy atom.